The second kappa shape index (κ2) is 11.2. The summed E-state index contributed by atoms with van der Waals surface area (Å²) in [6, 6.07) is 0. The van der Waals surface area contributed by atoms with Crippen molar-refractivity contribution in [1.29, 1.82) is 0 Å². The van der Waals surface area contributed by atoms with Crippen molar-refractivity contribution in [2.24, 2.45) is 17.8 Å². The highest BCUT2D eigenvalue weighted by Gasteiger charge is 2.43. The van der Waals surface area contributed by atoms with Gasteiger partial charge in [-0.1, -0.05) is 6.92 Å². The molecule has 1 N–H and O–H groups in total. The molecule has 32 heavy (non-hydrogen) atoms. The van der Waals surface area contributed by atoms with Crippen LogP contribution in [0.15, 0.2) is 0 Å². The molecule has 10 heteroatoms. The number of carboxylic acids is 1. The fourth-order valence-electron chi connectivity index (χ4n) is 5.05. The lowest BCUT2D eigenvalue weighted by molar-refractivity contribution is -0.192. The van der Waals surface area contributed by atoms with Crippen molar-refractivity contribution >= 4 is 11.9 Å². The predicted octanol–water partition coefficient (Wildman–Crippen LogP) is 2.78. The number of hydrogen-bond acceptors (Lipinski definition) is 5. The van der Waals surface area contributed by atoms with Gasteiger partial charge in [0.25, 0.3) is 5.91 Å². The molecule has 3 atom stereocenters. The first-order valence-electron chi connectivity index (χ1n) is 11.7. The van der Waals surface area contributed by atoms with Gasteiger partial charge in [0.1, 0.15) is 6.10 Å². The molecule has 0 unspecified atom stereocenters. The molecule has 0 spiro atoms. The number of carboxylic acid groups (broad SMARTS) is 1. The second-order valence-corrected chi connectivity index (χ2v) is 9.57. The van der Waals surface area contributed by atoms with Crippen LogP contribution < -0.4 is 0 Å². The average Bonchev–Trinajstić information content (AvgIpc) is 3.18. The van der Waals surface area contributed by atoms with Crippen molar-refractivity contribution in [3.63, 3.8) is 0 Å². The summed E-state index contributed by atoms with van der Waals surface area (Å²) in [5.41, 5.74) is 0. The summed E-state index contributed by atoms with van der Waals surface area (Å²) in [5.74, 6) is -0.372. The number of hydrogen-bond donors (Lipinski definition) is 1. The highest BCUT2D eigenvalue weighted by molar-refractivity contribution is 5.81. The van der Waals surface area contributed by atoms with E-state index >= 15 is 0 Å². The highest BCUT2D eigenvalue weighted by atomic mass is 19.4. The van der Waals surface area contributed by atoms with Crippen molar-refractivity contribution in [1.82, 2.24) is 9.80 Å². The summed E-state index contributed by atoms with van der Waals surface area (Å²) in [5, 5.41) is 7.12. The van der Waals surface area contributed by atoms with Gasteiger partial charge in [-0.05, 0) is 62.8 Å². The van der Waals surface area contributed by atoms with Crippen LogP contribution in [-0.2, 0) is 19.1 Å². The van der Waals surface area contributed by atoms with Crippen molar-refractivity contribution in [2.75, 3.05) is 45.9 Å². The molecule has 4 fully saturated rings. The van der Waals surface area contributed by atoms with Gasteiger partial charge in [-0.25, -0.2) is 4.79 Å². The summed E-state index contributed by atoms with van der Waals surface area (Å²) in [6.07, 6.45) is 1.82. The minimum Gasteiger partial charge on any atom is -0.475 e. The number of carbonyl (C=O) groups is 2. The van der Waals surface area contributed by atoms with E-state index in [1.165, 1.54) is 32.4 Å². The molecule has 0 radical (unpaired) electrons. The first-order valence-corrected chi connectivity index (χ1v) is 11.7. The smallest absolute Gasteiger partial charge is 0.475 e. The quantitative estimate of drug-likeness (QED) is 0.692. The molecule has 0 bridgehead atoms. The number of carbonyl (C=O) groups excluding carboxylic acids is 1. The van der Waals surface area contributed by atoms with Crippen molar-refractivity contribution in [2.45, 2.75) is 63.8 Å². The number of fused-ring (bicyclic) bond motifs is 1. The lowest BCUT2D eigenvalue weighted by Gasteiger charge is -2.37. The molecular weight excluding hydrogens is 429 g/mol. The van der Waals surface area contributed by atoms with Gasteiger partial charge in [0, 0.05) is 39.4 Å². The third kappa shape index (κ3) is 7.05. The van der Waals surface area contributed by atoms with Gasteiger partial charge >= 0.3 is 12.1 Å². The third-order valence-corrected chi connectivity index (χ3v) is 7.11. The van der Waals surface area contributed by atoms with Gasteiger partial charge in [0.15, 0.2) is 0 Å². The van der Waals surface area contributed by atoms with Crippen LogP contribution in [0.2, 0.25) is 0 Å². The number of aliphatic carboxylic acids is 1. The summed E-state index contributed by atoms with van der Waals surface area (Å²) in [6.45, 7) is 9.34. The fourth-order valence-corrected chi connectivity index (χ4v) is 5.05. The van der Waals surface area contributed by atoms with Crippen molar-refractivity contribution in [3.8, 4) is 0 Å². The maximum absolute atomic E-state index is 12.8. The number of rotatable bonds is 3. The zero-order valence-electron chi connectivity index (χ0n) is 18.7. The monoisotopic (exact) mass is 464 g/mol. The van der Waals surface area contributed by atoms with E-state index in [4.69, 9.17) is 19.4 Å². The lowest BCUT2D eigenvalue weighted by Crippen LogP contribution is -2.45. The molecule has 0 aromatic rings. The summed E-state index contributed by atoms with van der Waals surface area (Å²) in [4.78, 5) is 26.4. The molecule has 4 heterocycles. The highest BCUT2D eigenvalue weighted by Crippen LogP contribution is 2.35. The van der Waals surface area contributed by atoms with E-state index in [-0.39, 0.29) is 18.1 Å². The molecule has 0 saturated carbocycles. The summed E-state index contributed by atoms with van der Waals surface area (Å²) < 4.78 is 43.5. The predicted molar refractivity (Wildman–Crippen MR) is 110 cm³/mol. The molecule has 4 rings (SSSR count). The Morgan fingerprint density at radius 2 is 1.66 bits per heavy atom. The van der Waals surface area contributed by atoms with E-state index in [0.717, 1.165) is 63.9 Å². The Bertz CT molecular complexity index is 634. The minimum atomic E-state index is -5.08. The maximum Gasteiger partial charge on any atom is 0.490 e. The number of nitrogens with zero attached hydrogens (tertiary/aromatic N) is 2. The lowest BCUT2D eigenvalue weighted by atomic mass is 9.90. The number of piperidine rings is 2. The fraction of sp³-hybridized carbons (Fsp3) is 0.909. The average molecular weight is 465 g/mol. The number of halogens is 3. The summed E-state index contributed by atoms with van der Waals surface area (Å²) in [7, 11) is 0. The van der Waals surface area contributed by atoms with Crippen molar-refractivity contribution in [3.05, 3.63) is 0 Å². The first-order chi connectivity index (χ1) is 15.1. The Morgan fingerprint density at radius 1 is 1.03 bits per heavy atom. The van der Waals surface area contributed by atoms with Gasteiger partial charge in [0.2, 0.25) is 0 Å². The molecule has 184 valence electrons. The molecular formula is C22H35F3N2O5. The zero-order valence-corrected chi connectivity index (χ0v) is 18.7. The molecule has 4 saturated heterocycles. The second-order valence-electron chi connectivity index (χ2n) is 9.57. The largest absolute Gasteiger partial charge is 0.490 e. The third-order valence-electron chi connectivity index (χ3n) is 7.11. The van der Waals surface area contributed by atoms with Crippen LogP contribution in [0.4, 0.5) is 13.2 Å². The molecule has 0 aromatic carbocycles. The maximum atomic E-state index is 12.8. The van der Waals surface area contributed by atoms with Crippen LogP contribution in [0.1, 0.15) is 45.4 Å². The van der Waals surface area contributed by atoms with Crippen LogP contribution in [0.25, 0.3) is 0 Å². The number of amides is 1. The molecule has 0 aliphatic carbocycles. The molecule has 0 aromatic heterocycles. The zero-order chi connectivity index (χ0) is 23.3. The Labute approximate surface area is 187 Å². The van der Waals surface area contributed by atoms with E-state index in [2.05, 4.69) is 16.7 Å². The van der Waals surface area contributed by atoms with E-state index in [0.29, 0.717) is 5.92 Å². The number of likely N-dealkylation sites (tertiary alicyclic amines) is 2. The van der Waals surface area contributed by atoms with E-state index in [1.807, 2.05) is 0 Å². The SMILES string of the molecule is CC1CCN(C(=O)[C@H]2C[C@@H]3CCN(CC4CCOCC4)C[C@H]3O2)CC1.O=C(O)C(F)(F)F. The Balaban J connectivity index is 0.000000360. The molecule has 4 aliphatic heterocycles. The van der Waals surface area contributed by atoms with Gasteiger partial charge in [-0.15, -0.1) is 0 Å². The topological polar surface area (TPSA) is 79.3 Å². The van der Waals surface area contributed by atoms with E-state index in [9.17, 15) is 18.0 Å². The van der Waals surface area contributed by atoms with E-state index < -0.39 is 12.1 Å². The van der Waals surface area contributed by atoms with Crippen LogP contribution >= 0.6 is 0 Å². The standard InChI is InChI=1S/C20H34N2O3.C2HF3O2/c1-15-2-8-22(9-3-15)20(23)18-12-17-4-7-21(14-19(17)25-18)13-16-5-10-24-11-6-16;3-2(4,5)1(6)7/h15-19H,2-14H2,1H3;(H,6,7)/t17-,18+,19+;/m0./s1. The number of ether oxygens (including phenoxy) is 2. The summed E-state index contributed by atoms with van der Waals surface area (Å²) >= 11 is 0. The first kappa shape index (κ1) is 25.2. The van der Waals surface area contributed by atoms with Gasteiger partial charge in [0.05, 0.1) is 6.10 Å². The van der Waals surface area contributed by atoms with Crippen molar-refractivity contribution < 1.29 is 37.3 Å². The van der Waals surface area contributed by atoms with Crippen LogP contribution in [-0.4, -0.2) is 91.1 Å². The van der Waals surface area contributed by atoms with Gasteiger partial charge < -0.3 is 24.4 Å². The Hall–Kier alpha value is -1.39. The number of alkyl halides is 3. The van der Waals surface area contributed by atoms with Crippen LogP contribution in [0.3, 0.4) is 0 Å². The van der Waals surface area contributed by atoms with Gasteiger partial charge in [-0.3, -0.25) is 4.79 Å². The molecule has 7 nitrogen and oxygen atoms in total. The molecule has 4 aliphatic rings. The van der Waals surface area contributed by atoms with Crippen LogP contribution in [0.5, 0.6) is 0 Å². The Morgan fingerprint density at radius 3 is 2.25 bits per heavy atom. The minimum absolute atomic E-state index is 0.175. The van der Waals surface area contributed by atoms with Crippen LogP contribution in [0, 0.1) is 17.8 Å². The normalized spacial score (nSPS) is 30.4. The van der Waals surface area contributed by atoms with Gasteiger partial charge in [-0.2, -0.15) is 13.2 Å². The molecule has 1 amide bonds. The van der Waals surface area contributed by atoms with E-state index in [1.54, 1.807) is 0 Å². The Kier molecular flexibility index (Phi) is 8.80.